The van der Waals surface area contributed by atoms with Gasteiger partial charge in [-0.2, -0.15) is 0 Å². The fourth-order valence-electron chi connectivity index (χ4n) is 1.15. The van der Waals surface area contributed by atoms with Crippen molar-refractivity contribution < 1.29 is 0 Å². The number of benzene rings is 1. The van der Waals surface area contributed by atoms with Crippen LogP contribution in [-0.2, 0) is 0 Å². The highest BCUT2D eigenvalue weighted by Crippen LogP contribution is 2.19. The molecular weight excluding hydrogens is 160 g/mol. The first kappa shape index (κ1) is 9.90. The Balaban J connectivity index is 2.86. The lowest BCUT2D eigenvalue weighted by Crippen LogP contribution is -2.26. The van der Waals surface area contributed by atoms with Crippen LogP contribution < -0.4 is 11.1 Å². The second-order valence-electron chi connectivity index (χ2n) is 4.45. The summed E-state index contributed by atoms with van der Waals surface area (Å²) in [5.74, 6) is 0. The molecule has 0 aliphatic carbocycles. The Kier molecular flexibility index (Phi) is 2.50. The van der Waals surface area contributed by atoms with Gasteiger partial charge < -0.3 is 11.1 Å². The molecule has 0 fully saturated rings. The lowest BCUT2D eigenvalue weighted by Gasteiger charge is -2.22. The number of hydrogen-bond acceptors (Lipinski definition) is 2. The molecule has 0 radical (unpaired) electrons. The molecule has 0 unspecified atom stereocenters. The maximum atomic E-state index is 5.80. The van der Waals surface area contributed by atoms with Gasteiger partial charge in [0.2, 0.25) is 0 Å². The van der Waals surface area contributed by atoms with Gasteiger partial charge in [-0.15, -0.1) is 0 Å². The first-order chi connectivity index (χ1) is 5.88. The van der Waals surface area contributed by atoms with E-state index in [-0.39, 0.29) is 5.54 Å². The molecule has 0 heterocycles. The third kappa shape index (κ3) is 2.98. The highest BCUT2D eigenvalue weighted by Gasteiger charge is 2.09. The van der Waals surface area contributed by atoms with Crippen molar-refractivity contribution in [1.29, 1.82) is 0 Å². The molecule has 1 aromatic carbocycles. The second kappa shape index (κ2) is 3.29. The Morgan fingerprint density at radius 3 is 2.31 bits per heavy atom. The molecule has 13 heavy (non-hydrogen) atoms. The van der Waals surface area contributed by atoms with E-state index in [1.54, 1.807) is 0 Å². The third-order valence-electron chi connectivity index (χ3n) is 1.80. The number of aryl methyl sites for hydroxylation is 1. The van der Waals surface area contributed by atoms with Crippen LogP contribution in [-0.4, -0.2) is 5.54 Å². The number of anilines is 2. The molecule has 0 aliphatic heterocycles. The van der Waals surface area contributed by atoms with Crippen LogP contribution in [0, 0.1) is 6.92 Å². The Bertz CT molecular complexity index is 297. The van der Waals surface area contributed by atoms with Crippen molar-refractivity contribution in [2.75, 3.05) is 11.1 Å². The van der Waals surface area contributed by atoms with Crippen LogP contribution in [0.2, 0.25) is 0 Å². The summed E-state index contributed by atoms with van der Waals surface area (Å²) < 4.78 is 0. The summed E-state index contributed by atoms with van der Waals surface area (Å²) in [4.78, 5) is 0. The topological polar surface area (TPSA) is 38.0 Å². The number of nitrogen functional groups attached to an aromatic ring is 1. The van der Waals surface area contributed by atoms with Crippen molar-refractivity contribution in [2.24, 2.45) is 0 Å². The van der Waals surface area contributed by atoms with Crippen molar-refractivity contribution >= 4 is 11.4 Å². The van der Waals surface area contributed by atoms with E-state index in [4.69, 9.17) is 5.73 Å². The maximum absolute atomic E-state index is 5.80. The molecular formula is C11H18N2. The van der Waals surface area contributed by atoms with Crippen molar-refractivity contribution in [3.63, 3.8) is 0 Å². The van der Waals surface area contributed by atoms with Crippen LogP contribution in [0.5, 0.6) is 0 Å². The molecule has 72 valence electrons. The van der Waals surface area contributed by atoms with Crippen molar-refractivity contribution in [3.05, 3.63) is 23.8 Å². The zero-order valence-electron chi connectivity index (χ0n) is 8.81. The van der Waals surface area contributed by atoms with Crippen LogP contribution in [0.4, 0.5) is 11.4 Å². The van der Waals surface area contributed by atoms with E-state index in [9.17, 15) is 0 Å². The normalized spacial score (nSPS) is 11.4. The van der Waals surface area contributed by atoms with Gasteiger partial charge >= 0.3 is 0 Å². The van der Waals surface area contributed by atoms with E-state index in [0.29, 0.717) is 0 Å². The number of nitrogens with one attached hydrogen (secondary N) is 1. The summed E-state index contributed by atoms with van der Waals surface area (Å²) in [6.45, 7) is 8.39. The van der Waals surface area contributed by atoms with Gasteiger partial charge in [0.15, 0.2) is 0 Å². The lowest BCUT2D eigenvalue weighted by molar-refractivity contribution is 0.634. The van der Waals surface area contributed by atoms with Gasteiger partial charge in [-0.1, -0.05) is 6.07 Å². The predicted molar refractivity (Wildman–Crippen MR) is 59.0 cm³/mol. The number of hydrogen-bond donors (Lipinski definition) is 2. The van der Waals surface area contributed by atoms with E-state index in [1.807, 2.05) is 19.1 Å². The molecule has 0 aromatic heterocycles. The largest absolute Gasteiger partial charge is 0.398 e. The molecule has 2 nitrogen and oxygen atoms in total. The minimum absolute atomic E-state index is 0.0850. The van der Waals surface area contributed by atoms with Crippen molar-refractivity contribution in [1.82, 2.24) is 0 Å². The van der Waals surface area contributed by atoms with E-state index >= 15 is 0 Å². The maximum Gasteiger partial charge on any atom is 0.0365 e. The zero-order valence-corrected chi connectivity index (χ0v) is 8.81. The molecule has 0 atom stereocenters. The smallest absolute Gasteiger partial charge is 0.0365 e. The molecule has 2 heteroatoms. The lowest BCUT2D eigenvalue weighted by atomic mass is 10.1. The van der Waals surface area contributed by atoms with Gasteiger partial charge in [0.25, 0.3) is 0 Å². The molecule has 0 saturated carbocycles. The Morgan fingerprint density at radius 1 is 1.23 bits per heavy atom. The van der Waals surface area contributed by atoms with Gasteiger partial charge in [0.1, 0.15) is 0 Å². The van der Waals surface area contributed by atoms with Crippen LogP contribution in [0.15, 0.2) is 18.2 Å². The SMILES string of the molecule is Cc1ccc(NC(C)(C)C)cc1N. The Hall–Kier alpha value is -1.18. The van der Waals surface area contributed by atoms with Crippen LogP contribution >= 0.6 is 0 Å². The zero-order chi connectivity index (χ0) is 10.1. The van der Waals surface area contributed by atoms with Crippen molar-refractivity contribution in [2.45, 2.75) is 33.2 Å². The fourth-order valence-corrected chi connectivity index (χ4v) is 1.15. The summed E-state index contributed by atoms with van der Waals surface area (Å²) in [6, 6.07) is 6.06. The molecule has 0 saturated heterocycles. The van der Waals surface area contributed by atoms with Crippen LogP contribution in [0.25, 0.3) is 0 Å². The summed E-state index contributed by atoms with van der Waals surface area (Å²) in [7, 11) is 0. The highest BCUT2D eigenvalue weighted by molar-refractivity contribution is 5.59. The van der Waals surface area contributed by atoms with Gasteiger partial charge in [-0.05, 0) is 45.4 Å². The average molecular weight is 178 g/mol. The quantitative estimate of drug-likeness (QED) is 0.649. The van der Waals surface area contributed by atoms with Crippen molar-refractivity contribution in [3.8, 4) is 0 Å². The molecule has 0 spiro atoms. The first-order valence-corrected chi connectivity index (χ1v) is 4.53. The van der Waals surface area contributed by atoms with Crippen LogP contribution in [0.1, 0.15) is 26.3 Å². The third-order valence-corrected chi connectivity index (χ3v) is 1.80. The first-order valence-electron chi connectivity index (χ1n) is 4.53. The highest BCUT2D eigenvalue weighted by atomic mass is 14.9. The minimum atomic E-state index is 0.0850. The summed E-state index contributed by atoms with van der Waals surface area (Å²) in [5.41, 5.74) is 8.93. The van der Waals surface area contributed by atoms with Gasteiger partial charge in [0.05, 0.1) is 0 Å². The monoisotopic (exact) mass is 178 g/mol. The van der Waals surface area contributed by atoms with E-state index in [0.717, 1.165) is 16.9 Å². The molecule has 0 aliphatic rings. The number of nitrogens with two attached hydrogens (primary N) is 1. The fraction of sp³-hybridized carbons (Fsp3) is 0.455. The van der Waals surface area contributed by atoms with Crippen LogP contribution in [0.3, 0.4) is 0 Å². The average Bonchev–Trinajstić information content (AvgIpc) is 1.94. The van der Waals surface area contributed by atoms with E-state index < -0.39 is 0 Å². The van der Waals surface area contributed by atoms with E-state index in [2.05, 4.69) is 32.2 Å². The van der Waals surface area contributed by atoms with Gasteiger partial charge in [-0.25, -0.2) is 0 Å². The Morgan fingerprint density at radius 2 is 1.85 bits per heavy atom. The van der Waals surface area contributed by atoms with Gasteiger partial charge in [-0.3, -0.25) is 0 Å². The minimum Gasteiger partial charge on any atom is -0.398 e. The molecule has 1 aromatic rings. The molecule has 0 bridgehead atoms. The Labute approximate surface area is 80.1 Å². The summed E-state index contributed by atoms with van der Waals surface area (Å²) in [6.07, 6.45) is 0. The molecule has 0 amide bonds. The summed E-state index contributed by atoms with van der Waals surface area (Å²) in [5, 5.41) is 3.37. The second-order valence-corrected chi connectivity index (χ2v) is 4.45. The van der Waals surface area contributed by atoms with Gasteiger partial charge in [0, 0.05) is 16.9 Å². The van der Waals surface area contributed by atoms with E-state index in [1.165, 1.54) is 0 Å². The number of rotatable bonds is 1. The molecule has 3 N–H and O–H groups in total. The predicted octanol–water partition coefficient (Wildman–Crippen LogP) is 2.79. The standard InChI is InChI=1S/C11H18N2/c1-8-5-6-9(7-10(8)12)13-11(2,3)4/h5-7,13H,12H2,1-4H3. The summed E-state index contributed by atoms with van der Waals surface area (Å²) >= 11 is 0. The molecule has 1 rings (SSSR count).